The van der Waals surface area contributed by atoms with Crippen LogP contribution in [0.3, 0.4) is 0 Å². The van der Waals surface area contributed by atoms with Gasteiger partial charge in [0, 0.05) is 11.8 Å². The molecule has 0 fully saturated rings. The van der Waals surface area contributed by atoms with Gasteiger partial charge in [-0.1, -0.05) is 6.07 Å². The quantitative estimate of drug-likeness (QED) is 0.891. The number of hydrogen-bond donors (Lipinski definition) is 2. The van der Waals surface area contributed by atoms with Crippen LogP contribution in [0.2, 0.25) is 0 Å². The van der Waals surface area contributed by atoms with Gasteiger partial charge in [-0.15, -0.1) is 11.3 Å². The van der Waals surface area contributed by atoms with Crippen molar-refractivity contribution >= 4 is 17.2 Å². The van der Waals surface area contributed by atoms with Crippen LogP contribution in [0.25, 0.3) is 0 Å². The maximum Gasteiger partial charge on any atom is 0.271 e. The summed E-state index contributed by atoms with van der Waals surface area (Å²) in [6, 6.07) is 3.09. The van der Waals surface area contributed by atoms with E-state index in [0.717, 1.165) is 17.1 Å². The Bertz CT molecular complexity index is 645. The molecule has 112 valence electrons. The van der Waals surface area contributed by atoms with Crippen LogP contribution in [-0.2, 0) is 6.42 Å². The number of nitrogens with two attached hydrogens (primary N) is 1. The molecule has 1 unspecified atom stereocenters. The number of amides is 1. The molecule has 3 N–H and O–H groups in total. The minimum atomic E-state index is -0.938. The third kappa shape index (κ3) is 3.83. The fourth-order valence-electron chi connectivity index (χ4n) is 1.79. The van der Waals surface area contributed by atoms with E-state index in [0.29, 0.717) is 24.2 Å². The molecule has 0 saturated heterocycles. The molecule has 0 bridgehead atoms. The van der Waals surface area contributed by atoms with Gasteiger partial charge in [-0.25, -0.2) is 13.8 Å². The molecule has 4 nitrogen and oxygen atoms in total. The van der Waals surface area contributed by atoms with Crippen LogP contribution >= 0.6 is 11.3 Å². The minimum Gasteiger partial charge on any atom is -0.344 e. The average Bonchev–Trinajstić information content (AvgIpc) is 2.91. The van der Waals surface area contributed by atoms with E-state index in [9.17, 15) is 13.6 Å². The van der Waals surface area contributed by atoms with E-state index in [2.05, 4.69) is 10.3 Å². The van der Waals surface area contributed by atoms with Gasteiger partial charge in [-0.2, -0.15) is 0 Å². The lowest BCUT2D eigenvalue weighted by Gasteiger charge is -2.13. The van der Waals surface area contributed by atoms with Crippen molar-refractivity contribution in [1.29, 1.82) is 0 Å². The second-order valence-electron chi connectivity index (χ2n) is 4.53. The molecule has 0 radical (unpaired) electrons. The first-order valence-electron chi connectivity index (χ1n) is 6.41. The molecule has 0 aliphatic carbocycles. The van der Waals surface area contributed by atoms with E-state index >= 15 is 0 Å². The second kappa shape index (κ2) is 6.73. The van der Waals surface area contributed by atoms with Gasteiger partial charge in [-0.05, 0) is 31.2 Å². The van der Waals surface area contributed by atoms with E-state index in [1.807, 2.05) is 0 Å². The molecule has 2 rings (SSSR count). The van der Waals surface area contributed by atoms with Crippen molar-refractivity contribution in [3.63, 3.8) is 0 Å². The summed E-state index contributed by atoms with van der Waals surface area (Å²) >= 11 is 1.37. The molecule has 21 heavy (non-hydrogen) atoms. The van der Waals surface area contributed by atoms with Gasteiger partial charge in [0.1, 0.15) is 5.69 Å². The van der Waals surface area contributed by atoms with E-state index in [-0.39, 0.29) is 5.91 Å². The fraction of sp³-hybridized carbons (Fsp3) is 0.286. The number of carbonyl (C=O) groups is 1. The van der Waals surface area contributed by atoms with Crippen LogP contribution < -0.4 is 11.1 Å². The van der Waals surface area contributed by atoms with Crippen LogP contribution in [0.1, 0.15) is 34.0 Å². The lowest BCUT2D eigenvalue weighted by atomic mass is 10.1. The smallest absolute Gasteiger partial charge is 0.271 e. The van der Waals surface area contributed by atoms with Gasteiger partial charge in [0.05, 0.1) is 11.0 Å². The van der Waals surface area contributed by atoms with Crippen molar-refractivity contribution in [3.8, 4) is 0 Å². The minimum absolute atomic E-state index is 0.304. The highest BCUT2D eigenvalue weighted by molar-refractivity contribution is 7.09. The average molecular weight is 311 g/mol. The molecule has 7 heteroatoms. The van der Waals surface area contributed by atoms with Crippen molar-refractivity contribution in [2.24, 2.45) is 5.73 Å². The Morgan fingerprint density at radius 2 is 2.19 bits per heavy atom. The number of nitrogens with one attached hydrogen (secondary N) is 1. The van der Waals surface area contributed by atoms with Crippen LogP contribution in [0.4, 0.5) is 8.78 Å². The first-order valence-corrected chi connectivity index (χ1v) is 7.29. The van der Waals surface area contributed by atoms with E-state index in [1.54, 1.807) is 12.3 Å². The van der Waals surface area contributed by atoms with E-state index in [1.165, 1.54) is 17.4 Å². The van der Waals surface area contributed by atoms with Crippen molar-refractivity contribution in [2.45, 2.75) is 19.4 Å². The lowest BCUT2D eigenvalue weighted by molar-refractivity contribution is 0.0935. The molecule has 1 aromatic heterocycles. The summed E-state index contributed by atoms with van der Waals surface area (Å²) in [6.07, 6.45) is 0.622. The first-order chi connectivity index (χ1) is 10.0. The van der Waals surface area contributed by atoms with E-state index in [4.69, 9.17) is 5.73 Å². The topological polar surface area (TPSA) is 68.0 Å². The van der Waals surface area contributed by atoms with Crippen LogP contribution in [0.5, 0.6) is 0 Å². The summed E-state index contributed by atoms with van der Waals surface area (Å²) in [6.45, 7) is 2.16. The first kappa shape index (κ1) is 15.5. The summed E-state index contributed by atoms with van der Waals surface area (Å²) in [5.74, 6) is -2.21. The Hall–Kier alpha value is -1.86. The number of rotatable bonds is 5. The maximum atomic E-state index is 13.2. The highest BCUT2D eigenvalue weighted by atomic mass is 32.1. The summed E-state index contributed by atoms with van der Waals surface area (Å²) in [5.41, 5.74) is 6.22. The highest BCUT2D eigenvalue weighted by Crippen LogP contribution is 2.17. The van der Waals surface area contributed by atoms with Crippen molar-refractivity contribution in [3.05, 3.63) is 51.5 Å². The molecule has 0 spiro atoms. The molecule has 1 aromatic carbocycles. The Labute approximate surface area is 125 Å². The van der Waals surface area contributed by atoms with E-state index < -0.39 is 17.7 Å². The summed E-state index contributed by atoms with van der Waals surface area (Å²) < 4.78 is 26.1. The van der Waals surface area contributed by atoms with Gasteiger partial charge >= 0.3 is 0 Å². The van der Waals surface area contributed by atoms with Gasteiger partial charge in [0.25, 0.3) is 5.91 Å². The Balaban J connectivity index is 2.05. The zero-order valence-electron chi connectivity index (χ0n) is 11.4. The van der Waals surface area contributed by atoms with Crippen molar-refractivity contribution < 1.29 is 13.6 Å². The molecule has 1 heterocycles. The summed E-state index contributed by atoms with van der Waals surface area (Å²) in [4.78, 5) is 16.2. The third-order valence-electron chi connectivity index (χ3n) is 2.93. The van der Waals surface area contributed by atoms with Gasteiger partial charge in [-0.3, -0.25) is 4.79 Å². The molecular formula is C14H15F2N3OS. The molecule has 2 aromatic rings. The van der Waals surface area contributed by atoms with Crippen molar-refractivity contribution in [2.75, 3.05) is 6.54 Å². The molecule has 0 aliphatic heterocycles. The fourth-order valence-corrected chi connectivity index (χ4v) is 2.58. The zero-order chi connectivity index (χ0) is 15.4. The number of carbonyl (C=O) groups excluding carboxylic acids is 1. The van der Waals surface area contributed by atoms with Gasteiger partial charge in [0.15, 0.2) is 11.6 Å². The number of aromatic nitrogens is 1. The van der Waals surface area contributed by atoms with Crippen LogP contribution in [-0.4, -0.2) is 17.4 Å². The zero-order valence-corrected chi connectivity index (χ0v) is 12.2. The predicted octanol–water partition coefficient (Wildman–Crippen LogP) is 2.41. The molecular weight excluding hydrogens is 296 g/mol. The Morgan fingerprint density at radius 3 is 2.86 bits per heavy atom. The normalized spacial score (nSPS) is 12.2. The Morgan fingerprint density at radius 1 is 1.43 bits per heavy atom. The van der Waals surface area contributed by atoms with Crippen LogP contribution in [0, 0.1) is 11.6 Å². The molecule has 1 atom stereocenters. The highest BCUT2D eigenvalue weighted by Gasteiger charge is 2.15. The molecule has 1 amide bonds. The van der Waals surface area contributed by atoms with Gasteiger partial charge < -0.3 is 11.1 Å². The third-order valence-corrected chi connectivity index (χ3v) is 3.84. The largest absolute Gasteiger partial charge is 0.344 e. The Kier molecular flexibility index (Phi) is 4.98. The SMILES string of the molecule is CC(NC(=O)c1csc(CCN)n1)c1ccc(F)c(F)c1. The summed E-state index contributed by atoms with van der Waals surface area (Å²) in [7, 11) is 0. The second-order valence-corrected chi connectivity index (χ2v) is 5.48. The lowest BCUT2D eigenvalue weighted by Crippen LogP contribution is -2.27. The maximum absolute atomic E-state index is 13.2. The molecule has 0 saturated carbocycles. The molecule has 0 aliphatic rings. The number of thiazole rings is 1. The number of halogens is 2. The number of nitrogens with zero attached hydrogens (tertiary/aromatic N) is 1. The van der Waals surface area contributed by atoms with Crippen molar-refractivity contribution in [1.82, 2.24) is 10.3 Å². The number of benzene rings is 1. The van der Waals surface area contributed by atoms with Gasteiger partial charge in [0.2, 0.25) is 0 Å². The monoisotopic (exact) mass is 311 g/mol. The number of hydrogen-bond acceptors (Lipinski definition) is 4. The predicted molar refractivity (Wildman–Crippen MR) is 77.1 cm³/mol. The van der Waals surface area contributed by atoms with Crippen LogP contribution in [0.15, 0.2) is 23.6 Å². The standard InChI is InChI=1S/C14H15F2N3OS/c1-8(9-2-3-10(15)11(16)6-9)18-14(20)12-7-21-13(19-12)4-5-17/h2-3,6-8H,4-5,17H2,1H3,(H,18,20). The summed E-state index contributed by atoms with van der Waals surface area (Å²) in [5, 5.41) is 5.15.